The highest BCUT2D eigenvalue weighted by Gasteiger charge is 2.01. The first-order valence-corrected chi connectivity index (χ1v) is 6.20. The third kappa shape index (κ3) is 4.17. The van der Waals surface area contributed by atoms with Crippen molar-refractivity contribution >= 4 is 0 Å². The van der Waals surface area contributed by atoms with Crippen molar-refractivity contribution in [1.82, 2.24) is 9.97 Å². The Hall–Kier alpha value is -1.90. The molecule has 0 spiro atoms. The second kappa shape index (κ2) is 6.74. The Kier molecular flexibility index (Phi) is 5.31. The lowest BCUT2D eigenvalue weighted by Crippen LogP contribution is -1.95. The molecular formula is C15H20N2O. The van der Waals surface area contributed by atoms with Crippen molar-refractivity contribution < 1.29 is 4.74 Å². The number of aryl methyl sites for hydroxylation is 3. The molecule has 3 heteroatoms. The van der Waals surface area contributed by atoms with E-state index in [4.69, 9.17) is 4.74 Å². The van der Waals surface area contributed by atoms with Crippen molar-refractivity contribution in [2.75, 3.05) is 0 Å². The number of rotatable bonds is 2. The van der Waals surface area contributed by atoms with E-state index in [-0.39, 0.29) is 0 Å². The predicted molar refractivity (Wildman–Crippen MR) is 74.1 cm³/mol. The Morgan fingerprint density at radius 2 is 1.33 bits per heavy atom. The van der Waals surface area contributed by atoms with E-state index in [1.807, 2.05) is 65.0 Å². The Bertz CT molecular complexity index is 472. The van der Waals surface area contributed by atoms with Crippen LogP contribution in [-0.4, -0.2) is 9.97 Å². The van der Waals surface area contributed by atoms with Gasteiger partial charge in [0, 0.05) is 11.4 Å². The van der Waals surface area contributed by atoms with E-state index in [0.29, 0.717) is 6.01 Å². The van der Waals surface area contributed by atoms with E-state index < -0.39 is 0 Å². The fourth-order valence-corrected chi connectivity index (χ4v) is 1.45. The number of benzene rings is 1. The summed E-state index contributed by atoms with van der Waals surface area (Å²) in [7, 11) is 0. The summed E-state index contributed by atoms with van der Waals surface area (Å²) in [4.78, 5) is 8.44. The number of ether oxygens (including phenoxy) is 1. The molecule has 96 valence electrons. The van der Waals surface area contributed by atoms with E-state index in [9.17, 15) is 0 Å². The molecule has 1 aromatic carbocycles. The zero-order valence-electron chi connectivity index (χ0n) is 11.7. The molecule has 0 radical (unpaired) electrons. The van der Waals surface area contributed by atoms with Crippen molar-refractivity contribution in [3.05, 3.63) is 47.3 Å². The molecule has 18 heavy (non-hydrogen) atoms. The second-order valence-electron chi connectivity index (χ2n) is 3.85. The molecule has 0 amide bonds. The Labute approximate surface area is 109 Å². The van der Waals surface area contributed by atoms with Gasteiger partial charge in [-0.3, -0.25) is 0 Å². The molecule has 1 aromatic heterocycles. The molecule has 0 atom stereocenters. The van der Waals surface area contributed by atoms with Crippen LogP contribution in [0.2, 0.25) is 0 Å². The summed E-state index contributed by atoms with van der Waals surface area (Å²) in [6, 6.07) is 10.1. The molecule has 0 saturated heterocycles. The van der Waals surface area contributed by atoms with Crippen molar-refractivity contribution in [3.8, 4) is 11.8 Å². The van der Waals surface area contributed by atoms with Crippen LogP contribution >= 0.6 is 0 Å². The van der Waals surface area contributed by atoms with Gasteiger partial charge in [0.15, 0.2) is 0 Å². The van der Waals surface area contributed by atoms with Gasteiger partial charge >= 0.3 is 6.01 Å². The van der Waals surface area contributed by atoms with Crippen LogP contribution in [0.4, 0.5) is 0 Å². The SMILES string of the molecule is CC.Cc1ccc(Oc2nc(C)cc(C)n2)cc1. The summed E-state index contributed by atoms with van der Waals surface area (Å²) in [5, 5.41) is 0. The summed E-state index contributed by atoms with van der Waals surface area (Å²) in [6.45, 7) is 9.89. The Morgan fingerprint density at radius 3 is 1.83 bits per heavy atom. The van der Waals surface area contributed by atoms with Gasteiger partial charge in [-0.2, -0.15) is 0 Å². The van der Waals surface area contributed by atoms with Gasteiger partial charge in [-0.15, -0.1) is 0 Å². The first-order chi connectivity index (χ1) is 8.63. The van der Waals surface area contributed by atoms with Gasteiger partial charge in [0.05, 0.1) is 0 Å². The quantitative estimate of drug-likeness (QED) is 0.793. The highest BCUT2D eigenvalue weighted by atomic mass is 16.5. The van der Waals surface area contributed by atoms with E-state index in [1.54, 1.807) is 0 Å². The third-order valence-corrected chi connectivity index (χ3v) is 2.19. The van der Waals surface area contributed by atoms with Crippen LogP contribution in [0.1, 0.15) is 30.8 Å². The van der Waals surface area contributed by atoms with E-state index >= 15 is 0 Å². The fourth-order valence-electron chi connectivity index (χ4n) is 1.45. The molecule has 0 fully saturated rings. The summed E-state index contributed by atoms with van der Waals surface area (Å²) < 4.78 is 5.57. The zero-order chi connectivity index (χ0) is 13.5. The van der Waals surface area contributed by atoms with Crippen LogP contribution in [0.15, 0.2) is 30.3 Å². The molecule has 0 aliphatic heterocycles. The molecule has 0 saturated carbocycles. The highest BCUT2D eigenvalue weighted by Crippen LogP contribution is 2.18. The van der Waals surface area contributed by atoms with Crippen molar-refractivity contribution in [3.63, 3.8) is 0 Å². The molecule has 0 bridgehead atoms. The van der Waals surface area contributed by atoms with Crippen molar-refractivity contribution in [2.45, 2.75) is 34.6 Å². The number of hydrogen-bond acceptors (Lipinski definition) is 3. The molecule has 2 rings (SSSR count). The summed E-state index contributed by atoms with van der Waals surface area (Å²) in [5.74, 6) is 0.760. The number of nitrogens with zero attached hydrogens (tertiary/aromatic N) is 2. The van der Waals surface area contributed by atoms with Crippen LogP contribution in [-0.2, 0) is 0 Å². The van der Waals surface area contributed by atoms with Gasteiger partial charge in [-0.25, -0.2) is 9.97 Å². The average molecular weight is 244 g/mol. The lowest BCUT2D eigenvalue weighted by molar-refractivity contribution is 0.439. The van der Waals surface area contributed by atoms with Crippen LogP contribution in [0, 0.1) is 20.8 Å². The molecule has 0 N–H and O–H groups in total. The Balaban J connectivity index is 0.000000771. The van der Waals surface area contributed by atoms with Crippen molar-refractivity contribution in [1.29, 1.82) is 0 Å². The van der Waals surface area contributed by atoms with Gasteiger partial charge in [-0.1, -0.05) is 31.5 Å². The summed E-state index contributed by atoms with van der Waals surface area (Å²) in [5.41, 5.74) is 3.03. The molecule has 0 aliphatic carbocycles. The maximum absolute atomic E-state index is 5.57. The minimum atomic E-state index is 0.404. The summed E-state index contributed by atoms with van der Waals surface area (Å²) >= 11 is 0. The smallest absolute Gasteiger partial charge is 0.322 e. The normalized spacial score (nSPS) is 9.39. The zero-order valence-corrected chi connectivity index (χ0v) is 11.7. The van der Waals surface area contributed by atoms with Gasteiger partial charge in [-0.05, 0) is 39.0 Å². The topological polar surface area (TPSA) is 35.0 Å². The largest absolute Gasteiger partial charge is 0.424 e. The average Bonchev–Trinajstić information content (AvgIpc) is 2.33. The lowest BCUT2D eigenvalue weighted by Gasteiger charge is -2.05. The van der Waals surface area contributed by atoms with Gasteiger partial charge in [0.2, 0.25) is 0 Å². The molecule has 2 aromatic rings. The lowest BCUT2D eigenvalue weighted by atomic mass is 10.2. The van der Waals surface area contributed by atoms with Gasteiger partial charge < -0.3 is 4.74 Å². The first-order valence-electron chi connectivity index (χ1n) is 6.20. The maximum Gasteiger partial charge on any atom is 0.322 e. The predicted octanol–water partition coefficient (Wildman–Crippen LogP) is 4.22. The van der Waals surface area contributed by atoms with Crippen molar-refractivity contribution in [2.24, 2.45) is 0 Å². The standard InChI is InChI=1S/C13H14N2O.C2H6/c1-9-4-6-12(7-5-9)16-13-14-10(2)8-11(3)15-13;1-2/h4-8H,1-3H3;1-2H3. The highest BCUT2D eigenvalue weighted by molar-refractivity contribution is 5.28. The second-order valence-corrected chi connectivity index (χ2v) is 3.85. The summed E-state index contributed by atoms with van der Waals surface area (Å²) in [6.07, 6.45) is 0. The molecule has 0 unspecified atom stereocenters. The molecule has 1 heterocycles. The van der Waals surface area contributed by atoms with E-state index in [2.05, 4.69) is 9.97 Å². The minimum Gasteiger partial charge on any atom is -0.424 e. The molecule has 0 aliphatic rings. The monoisotopic (exact) mass is 244 g/mol. The van der Waals surface area contributed by atoms with E-state index in [1.165, 1.54) is 5.56 Å². The maximum atomic E-state index is 5.57. The van der Waals surface area contributed by atoms with Crippen LogP contribution in [0.25, 0.3) is 0 Å². The fraction of sp³-hybridized carbons (Fsp3) is 0.333. The van der Waals surface area contributed by atoms with Crippen LogP contribution < -0.4 is 4.74 Å². The number of aromatic nitrogens is 2. The molecule has 3 nitrogen and oxygen atoms in total. The molecular weight excluding hydrogens is 224 g/mol. The van der Waals surface area contributed by atoms with Gasteiger partial charge in [0.1, 0.15) is 5.75 Å². The van der Waals surface area contributed by atoms with Gasteiger partial charge in [0.25, 0.3) is 0 Å². The van der Waals surface area contributed by atoms with Crippen LogP contribution in [0.5, 0.6) is 11.8 Å². The van der Waals surface area contributed by atoms with E-state index in [0.717, 1.165) is 17.1 Å². The third-order valence-electron chi connectivity index (χ3n) is 2.19. The minimum absolute atomic E-state index is 0.404. The Morgan fingerprint density at radius 1 is 0.833 bits per heavy atom. The number of hydrogen-bond donors (Lipinski definition) is 0. The first kappa shape index (κ1) is 14.2. The van der Waals surface area contributed by atoms with Crippen LogP contribution in [0.3, 0.4) is 0 Å².